The van der Waals surface area contributed by atoms with E-state index < -0.39 is 0 Å². The summed E-state index contributed by atoms with van der Waals surface area (Å²) in [7, 11) is 3.71. The number of hydrogen-bond acceptors (Lipinski definition) is 3. The van der Waals surface area contributed by atoms with Crippen molar-refractivity contribution in [3.8, 4) is 5.75 Å². The highest BCUT2D eigenvalue weighted by molar-refractivity contribution is 5.39. The lowest BCUT2D eigenvalue weighted by Gasteiger charge is -2.27. The van der Waals surface area contributed by atoms with Gasteiger partial charge in [-0.05, 0) is 48.6 Å². The van der Waals surface area contributed by atoms with Crippen LogP contribution in [0, 0.1) is 0 Å². The molecule has 1 N–H and O–H groups in total. The van der Waals surface area contributed by atoms with Crippen molar-refractivity contribution in [2.45, 2.75) is 31.8 Å². The number of nitrogens with zero attached hydrogens (tertiary/aromatic N) is 2. The van der Waals surface area contributed by atoms with Gasteiger partial charge in [0.05, 0.1) is 12.8 Å². The van der Waals surface area contributed by atoms with Gasteiger partial charge in [-0.1, -0.05) is 6.07 Å². The zero-order chi connectivity index (χ0) is 13.9. The third-order valence-corrected chi connectivity index (χ3v) is 4.12. The number of hydrogen-bond donors (Lipinski definition) is 1. The smallest absolute Gasteiger partial charge is 0.119 e. The van der Waals surface area contributed by atoms with E-state index in [4.69, 9.17) is 4.74 Å². The fourth-order valence-electron chi connectivity index (χ4n) is 2.92. The number of aromatic nitrogens is 2. The summed E-state index contributed by atoms with van der Waals surface area (Å²) in [6.45, 7) is 0.845. The molecule has 4 heteroatoms. The quantitative estimate of drug-likeness (QED) is 0.929. The van der Waals surface area contributed by atoms with Crippen LogP contribution < -0.4 is 10.1 Å². The van der Waals surface area contributed by atoms with Crippen molar-refractivity contribution < 1.29 is 4.74 Å². The first-order valence-electron chi connectivity index (χ1n) is 7.15. The molecule has 20 heavy (non-hydrogen) atoms. The number of ether oxygens (including phenoxy) is 1. The Balaban J connectivity index is 1.77. The molecule has 1 aromatic heterocycles. The second-order valence-electron chi connectivity index (χ2n) is 5.34. The molecular formula is C16H21N3O. The van der Waals surface area contributed by atoms with Crippen molar-refractivity contribution in [1.29, 1.82) is 0 Å². The molecular weight excluding hydrogens is 250 g/mol. The van der Waals surface area contributed by atoms with Gasteiger partial charge in [0.15, 0.2) is 0 Å². The van der Waals surface area contributed by atoms with E-state index in [9.17, 15) is 0 Å². The Bertz CT molecular complexity index is 591. The number of fused-ring (bicyclic) bond motifs is 1. The van der Waals surface area contributed by atoms with Crippen LogP contribution in [0.4, 0.5) is 0 Å². The molecule has 3 rings (SSSR count). The fourth-order valence-corrected chi connectivity index (χ4v) is 2.92. The molecule has 0 saturated heterocycles. The standard InChI is InChI=1S/C16H21N3O/c1-19-13(8-9-18-19)11-17-16-5-3-4-12-6-7-14(20-2)10-15(12)16/h6-10,16-17H,3-5,11H2,1-2H3. The van der Waals surface area contributed by atoms with Gasteiger partial charge < -0.3 is 10.1 Å². The molecule has 0 aliphatic heterocycles. The number of nitrogens with one attached hydrogen (secondary N) is 1. The summed E-state index contributed by atoms with van der Waals surface area (Å²) < 4.78 is 7.28. The van der Waals surface area contributed by atoms with E-state index in [-0.39, 0.29) is 0 Å². The molecule has 4 nitrogen and oxygen atoms in total. The minimum Gasteiger partial charge on any atom is -0.497 e. The fraction of sp³-hybridized carbons (Fsp3) is 0.438. The van der Waals surface area contributed by atoms with Gasteiger partial charge in [-0.2, -0.15) is 5.10 Å². The van der Waals surface area contributed by atoms with E-state index >= 15 is 0 Å². The van der Waals surface area contributed by atoms with Gasteiger partial charge in [0.25, 0.3) is 0 Å². The summed E-state index contributed by atoms with van der Waals surface area (Å²) >= 11 is 0. The molecule has 0 saturated carbocycles. The Kier molecular flexibility index (Phi) is 3.74. The molecule has 1 aliphatic rings. The summed E-state index contributed by atoms with van der Waals surface area (Å²) in [6.07, 6.45) is 5.43. The van der Waals surface area contributed by atoms with E-state index in [1.807, 2.05) is 17.9 Å². The second-order valence-corrected chi connectivity index (χ2v) is 5.34. The lowest BCUT2D eigenvalue weighted by atomic mass is 9.87. The Morgan fingerprint density at radius 2 is 2.30 bits per heavy atom. The summed E-state index contributed by atoms with van der Waals surface area (Å²) in [5, 5.41) is 7.86. The molecule has 2 aromatic rings. The molecule has 0 fully saturated rings. The third-order valence-electron chi connectivity index (χ3n) is 4.12. The van der Waals surface area contributed by atoms with Crippen LogP contribution in [-0.2, 0) is 20.0 Å². The average Bonchev–Trinajstić information content (AvgIpc) is 2.89. The highest BCUT2D eigenvalue weighted by Gasteiger charge is 2.20. The highest BCUT2D eigenvalue weighted by atomic mass is 16.5. The van der Waals surface area contributed by atoms with Gasteiger partial charge >= 0.3 is 0 Å². The van der Waals surface area contributed by atoms with E-state index in [0.29, 0.717) is 6.04 Å². The van der Waals surface area contributed by atoms with Crippen LogP contribution in [-0.4, -0.2) is 16.9 Å². The average molecular weight is 271 g/mol. The van der Waals surface area contributed by atoms with Gasteiger partial charge in [0, 0.05) is 25.8 Å². The molecule has 1 aromatic carbocycles. The maximum Gasteiger partial charge on any atom is 0.119 e. The monoisotopic (exact) mass is 271 g/mol. The zero-order valence-electron chi connectivity index (χ0n) is 12.1. The second kappa shape index (κ2) is 5.67. The minimum absolute atomic E-state index is 0.406. The van der Waals surface area contributed by atoms with Crippen LogP contribution in [0.15, 0.2) is 30.5 Å². The molecule has 106 valence electrons. The van der Waals surface area contributed by atoms with Crippen molar-refractivity contribution in [2.24, 2.45) is 7.05 Å². The number of rotatable bonds is 4. The summed E-state index contributed by atoms with van der Waals surface area (Å²) in [5.41, 5.74) is 4.04. The van der Waals surface area contributed by atoms with Crippen molar-refractivity contribution >= 4 is 0 Å². The predicted molar refractivity (Wildman–Crippen MR) is 78.7 cm³/mol. The summed E-state index contributed by atoms with van der Waals surface area (Å²) in [5.74, 6) is 0.943. The van der Waals surface area contributed by atoms with Crippen LogP contribution in [0.25, 0.3) is 0 Å². The molecule has 1 heterocycles. The number of aryl methyl sites for hydroxylation is 2. The van der Waals surface area contributed by atoms with Gasteiger partial charge in [-0.3, -0.25) is 4.68 Å². The topological polar surface area (TPSA) is 39.1 Å². The molecule has 0 spiro atoms. The van der Waals surface area contributed by atoms with Crippen molar-refractivity contribution in [1.82, 2.24) is 15.1 Å². The molecule has 1 unspecified atom stereocenters. The Morgan fingerprint density at radius 3 is 3.05 bits per heavy atom. The maximum atomic E-state index is 5.36. The van der Waals surface area contributed by atoms with Crippen LogP contribution in [0.3, 0.4) is 0 Å². The number of benzene rings is 1. The van der Waals surface area contributed by atoms with Crippen molar-refractivity contribution in [3.05, 3.63) is 47.3 Å². The van der Waals surface area contributed by atoms with Crippen LogP contribution in [0.5, 0.6) is 5.75 Å². The molecule has 1 atom stereocenters. The van der Waals surface area contributed by atoms with Gasteiger partial charge in [0.2, 0.25) is 0 Å². The predicted octanol–water partition coefficient (Wildman–Crippen LogP) is 2.60. The summed E-state index contributed by atoms with van der Waals surface area (Å²) in [4.78, 5) is 0. The summed E-state index contributed by atoms with van der Waals surface area (Å²) in [6, 6.07) is 8.90. The van der Waals surface area contributed by atoms with E-state index in [2.05, 4.69) is 34.7 Å². The normalized spacial score (nSPS) is 17.8. The number of methoxy groups -OCH3 is 1. The first-order chi connectivity index (χ1) is 9.78. The third kappa shape index (κ3) is 2.56. The van der Waals surface area contributed by atoms with Crippen molar-refractivity contribution in [3.63, 3.8) is 0 Å². The SMILES string of the molecule is COc1ccc2c(c1)C(NCc1ccnn1C)CCC2. The highest BCUT2D eigenvalue weighted by Crippen LogP contribution is 2.32. The molecule has 1 aliphatic carbocycles. The Labute approximate surface area is 119 Å². The minimum atomic E-state index is 0.406. The first kappa shape index (κ1) is 13.2. The van der Waals surface area contributed by atoms with Crippen LogP contribution in [0.1, 0.15) is 35.7 Å². The maximum absolute atomic E-state index is 5.36. The van der Waals surface area contributed by atoms with Gasteiger partial charge in [0.1, 0.15) is 5.75 Å². The lowest BCUT2D eigenvalue weighted by Crippen LogP contribution is -2.25. The van der Waals surface area contributed by atoms with Gasteiger partial charge in [-0.25, -0.2) is 0 Å². The lowest BCUT2D eigenvalue weighted by molar-refractivity contribution is 0.408. The van der Waals surface area contributed by atoms with E-state index in [1.54, 1.807) is 7.11 Å². The van der Waals surface area contributed by atoms with E-state index in [1.165, 1.54) is 36.1 Å². The van der Waals surface area contributed by atoms with Crippen LogP contribution >= 0.6 is 0 Å². The molecule has 0 amide bonds. The zero-order valence-corrected chi connectivity index (χ0v) is 12.1. The molecule has 0 bridgehead atoms. The van der Waals surface area contributed by atoms with E-state index in [0.717, 1.165) is 12.3 Å². The molecule has 0 radical (unpaired) electrons. The largest absolute Gasteiger partial charge is 0.497 e. The Hall–Kier alpha value is -1.81. The first-order valence-corrected chi connectivity index (χ1v) is 7.15. The van der Waals surface area contributed by atoms with Gasteiger partial charge in [-0.15, -0.1) is 0 Å². The van der Waals surface area contributed by atoms with Crippen LogP contribution in [0.2, 0.25) is 0 Å². The van der Waals surface area contributed by atoms with Crippen molar-refractivity contribution in [2.75, 3.05) is 7.11 Å². The Morgan fingerprint density at radius 1 is 1.40 bits per heavy atom.